The van der Waals surface area contributed by atoms with Crippen LogP contribution in [0, 0.1) is 25.7 Å². The van der Waals surface area contributed by atoms with E-state index in [1.54, 1.807) is 24.3 Å². The Morgan fingerprint density at radius 2 is 1.58 bits per heavy atom. The molecule has 33 heavy (non-hydrogen) atoms. The number of fused-ring (bicyclic) bond motifs is 1. The smallest absolute Gasteiger partial charge is 0.253 e. The molecule has 0 saturated carbocycles. The summed E-state index contributed by atoms with van der Waals surface area (Å²) in [6.07, 6.45) is 1.98. The summed E-state index contributed by atoms with van der Waals surface area (Å²) >= 11 is 0. The largest absolute Gasteiger partial charge is 0.493 e. The molecule has 1 heterocycles. The average molecular weight is 449 g/mol. The number of azo groups is 1. The summed E-state index contributed by atoms with van der Waals surface area (Å²) in [7, 11) is 0. The number of aromatic hydroxyl groups is 1. The third kappa shape index (κ3) is 6.21. The van der Waals surface area contributed by atoms with Gasteiger partial charge in [-0.3, -0.25) is 4.79 Å². The second kappa shape index (κ2) is 10.6. The van der Waals surface area contributed by atoms with E-state index in [0.717, 1.165) is 48.0 Å². The van der Waals surface area contributed by atoms with Crippen LogP contribution in [0.25, 0.3) is 10.9 Å². The number of hydrogen-bond acceptors (Lipinski definition) is 4. The van der Waals surface area contributed by atoms with E-state index < -0.39 is 0 Å². The fourth-order valence-electron chi connectivity index (χ4n) is 3.83. The highest BCUT2D eigenvalue weighted by Gasteiger charge is 2.17. The van der Waals surface area contributed by atoms with Crippen molar-refractivity contribution < 1.29 is 9.90 Å². The number of benzene rings is 2. The Kier molecular flexibility index (Phi) is 7.90. The van der Waals surface area contributed by atoms with Gasteiger partial charge in [0.2, 0.25) is 5.88 Å². The van der Waals surface area contributed by atoms with Crippen LogP contribution in [0.4, 0.5) is 11.4 Å². The molecule has 0 radical (unpaired) electrons. The minimum atomic E-state index is 0.000180. The van der Waals surface area contributed by atoms with E-state index in [9.17, 15) is 9.90 Å². The molecule has 1 amide bonds. The monoisotopic (exact) mass is 448 g/mol. The van der Waals surface area contributed by atoms with Crippen LogP contribution in [0.3, 0.4) is 0 Å². The third-order valence-electron chi connectivity index (χ3n) is 5.82. The zero-order valence-electron chi connectivity index (χ0n) is 20.6. The van der Waals surface area contributed by atoms with Crippen molar-refractivity contribution in [2.75, 3.05) is 13.1 Å². The molecule has 3 rings (SSSR count). The molecule has 0 saturated heterocycles. The van der Waals surface area contributed by atoms with E-state index in [4.69, 9.17) is 0 Å². The Morgan fingerprint density at radius 3 is 2.15 bits per heavy atom. The van der Waals surface area contributed by atoms with Crippen LogP contribution in [-0.4, -0.2) is 34.0 Å². The Bertz CT molecular complexity index is 1120. The first-order valence-electron chi connectivity index (χ1n) is 11.8. The van der Waals surface area contributed by atoms with Gasteiger partial charge in [0.15, 0.2) is 5.69 Å². The van der Waals surface area contributed by atoms with Crippen molar-refractivity contribution in [3.63, 3.8) is 0 Å². The maximum absolute atomic E-state index is 13.1. The van der Waals surface area contributed by atoms with Crippen LogP contribution in [0.5, 0.6) is 5.88 Å². The Balaban J connectivity index is 1.78. The SMILES string of the molecule is Cc1cc(C)c2[nH]c(O)c(N=Nc3ccc(C(=O)N(CCC(C)C)CCC(C)C)cc3)c2c1. The molecule has 2 aromatic carbocycles. The predicted octanol–water partition coefficient (Wildman–Crippen LogP) is 7.44. The first-order valence-corrected chi connectivity index (χ1v) is 11.8. The highest BCUT2D eigenvalue weighted by Crippen LogP contribution is 2.38. The van der Waals surface area contributed by atoms with Gasteiger partial charge in [0.25, 0.3) is 5.91 Å². The number of nitrogens with one attached hydrogen (secondary N) is 1. The van der Waals surface area contributed by atoms with Gasteiger partial charge in [0.05, 0.1) is 11.2 Å². The molecule has 0 atom stereocenters. The molecule has 6 nitrogen and oxygen atoms in total. The molecule has 0 bridgehead atoms. The van der Waals surface area contributed by atoms with E-state index in [2.05, 4.69) is 49.0 Å². The number of aromatic amines is 1. The Labute approximate surface area is 196 Å². The van der Waals surface area contributed by atoms with Crippen molar-refractivity contribution in [1.29, 1.82) is 0 Å². The molecule has 0 unspecified atom stereocenters. The summed E-state index contributed by atoms with van der Waals surface area (Å²) in [5.74, 6) is 1.16. The van der Waals surface area contributed by atoms with Crippen LogP contribution in [0.1, 0.15) is 62.0 Å². The summed E-state index contributed by atoms with van der Waals surface area (Å²) in [6.45, 7) is 14.3. The maximum atomic E-state index is 13.1. The van der Waals surface area contributed by atoms with Crippen molar-refractivity contribution in [3.8, 4) is 5.88 Å². The summed E-state index contributed by atoms with van der Waals surface area (Å²) in [6, 6.07) is 11.2. The molecular formula is C27H36N4O2. The summed E-state index contributed by atoms with van der Waals surface area (Å²) in [4.78, 5) is 18.1. The van der Waals surface area contributed by atoms with E-state index in [1.165, 1.54) is 0 Å². The van der Waals surface area contributed by atoms with Gasteiger partial charge in [-0.2, -0.15) is 5.11 Å². The van der Waals surface area contributed by atoms with Gasteiger partial charge < -0.3 is 15.0 Å². The number of aromatic nitrogens is 1. The number of H-pyrrole nitrogens is 1. The fraction of sp³-hybridized carbons (Fsp3) is 0.444. The van der Waals surface area contributed by atoms with E-state index in [0.29, 0.717) is 28.8 Å². The summed E-state index contributed by atoms with van der Waals surface area (Å²) < 4.78 is 0. The number of aryl methyl sites for hydroxylation is 2. The number of rotatable bonds is 9. The Hall–Kier alpha value is -3.15. The summed E-state index contributed by atoms with van der Waals surface area (Å²) in [5.41, 5.74) is 4.70. The van der Waals surface area contributed by atoms with E-state index in [-0.39, 0.29) is 11.8 Å². The van der Waals surface area contributed by atoms with Crippen LogP contribution < -0.4 is 0 Å². The van der Waals surface area contributed by atoms with Crippen molar-refractivity contribution in [2.45, 2.75) is 54.4 Å². The number of carbonyl (C=O) groups excluding carboxylic acids is 1. The van der Waals surface area contributed by atoms with Crippen molar-refractivity contribution in [1.82, 2.24) is 9.88 Å². The van der Waals surface area contributed by atoms with Gasteiger partial charge in [-0.05, 0) is 74.4 Å². The lowest BCUT2D eigenvalue weighted by Crippen LogP contribution is -2.34. The molecular weight excluding hydrogens is 412 g/mol. The number of carbonyl (C=O) groups is 1. The molecule has 1 aromatic heterocycles. The average Bonchev–Trinajstić information content (AvgIpc) is 3.07. The minimum Gasteiger partial charge on any atom is -0.493 e. The van der Waals surface area contributed by atoms with Crippen LogP contribution in [0.2, 0.25) is 0 Å². The molecule has 0 aliphatic carbocycles. The Morgan fingerprint density at radius 1 is 0.970 bits per heavy atom. The van der Waals surface area contributed by atoms with Gasteiger partial charge in [0.1, 0.15) is 0 Å². The van der Waals surface area contributed by atoms with Gasteiger partial charge in [-0.1, -0.05) is 39.3 Å². The molecule has 2 N–H and O–H groups in total. The number of hydrogen-bond donors (Lipinski definition) is 2. The molecule has 6 heteroatoms. The molecule has 0 aliphatic heterocycles. The standard InChI is InChI=1S/C27H36N4O2/c1-17(2)11-13-31(14-12-18(3)4)27(33)21-7-9-22(10-8-21)29-30-25-23-16-19(5)15-20(6)24(23)28-26(25)32/h7-10,15-18,28,32H,11-14H2,1-6H3. The summed E-state index contributed by atoms with van der Waals surface area (Å²) in [5, 5.41) is 19.8. The van der Waals surface area contributed by atoms with Gasteiger partial charge in [-0.25, -0.2) is 0 Å². The topological polar surface area (TPSA) is 81.0 Å². The lowest BCUT2D eigenvalue weighted by Gasteiger charge is -2.24. The third-order valence-corrected chi connectivity index (χ3v) is 5.82. The predicted molar refractivity (Wildman–Crippen MR) is 135 cm³/mol. The van der Waals surface area contributed by atoms with Crippen LogP contribution >= 0.6 is 0 Å². The highest BCUT2D eigenvalue weighted by atomic mass is 16.3. The second-order valence-electron chi connectivity index (χ2n) is 9.73. The zero-order valence-corrected chi connectivity index (χ0v) is 20.6. The van der Waals surface area contributed by atoms with Crippen molar-refractivity contribution >= 4 is 28.2 Å². The molecule has 0 fully saturated rings. The minimum absolute atomic E-state index is 0.000180. The maximum Gasteiger partial charge on any atom is 0.253 e. The lowest BCUT2D eigenvalue weighted by molar-refractivity contribution is 0.0741. The van der Waals surface area contributed by atoms with E-state index in [1.807, 2.05) is 24.8 Å². The number of amides is 1. The molecule has 3 aromatic rings. The first kappa shape index (κ1) is 24.5. The molecule has 0 spiro atoms. The zero-order chi connectivity index (χ0) is 24.1. The van der Waals surface area contributed by atoms with Crippen LogP contribution in [-0.2, 0) is 0 Å². The first-order chi connectivity index (χ1) is 15.7. The lowest BCUT2D eigenvalue weighted by atomic mass is 10.1. The normalized spacial score (nSPS) is 11.9. The van der Waals surface area contributed by atoms with Gasteiger partial charge in [0, 0.05) is 24.0 Å². The van der Waals surface area contributed by atoms with Gasteiger partial charge >= 0.3 is 0 Å². The molecule has 176 valence electrons. The van der Waals surface area contributed by atoms with Crippen LogP contribution in [0.15, 0.2) is 46.6 Å². The van der Waals surface area contributed by atoms with Crippen molar-refractivity contribution in [3.05, 3.63) is 53.1 Å². The van der Waals surface area contributed by atoms with Crippen molar-refractivity contribution in [2.24, 2.45) is 22.1 Å². The quantitative estimate of drug-likeness (QED) is 0.333. The number of nitrogens with zero attached hydrogens (tertiary/aromatic N) is 3. The van der Waals surface area contributed by atoms with Gasteiger partial charge in [-0.15, -0.1) is 5.11 Å². The fourth-order valence-corrected chi connectivity index (χ4v) is 3.83. The van der Waals surface area contributed by atoms with E-state index >= 15 is 0 Å². The highest BCUT2D eigenvalue weighted by molar-refractivity contribution is 5.96. The molecule has 0 aliphatic rings. The second-order valence-corrected chi connectivity index (χ2v) is 9.73.